The Balaban J connectivity index is 3.08. The lowest BCUT2D eigenvalue weighted by Crippen LogP contribution is -2.31. The van der Waals surface area contributed by atoms with Crippen LogP contribution in [0.15, 0.2) is 30.0 Å². The number of carbonyl (C=O) groups is 2. The maximum absolute atomic E-state index is 11.9. The van der Waals surface area contributed by atoms with Crippen molar-refractivity contribution in [3.8, 4) is 0 Å². The third-order valence-electron chi connectivity index (χ3n) is 2.79. The fourth-order valence-corrected chi connectivity index (χ4v) is 1.64. The largest absolute Gasteiger partial charge is 0.466 e. The fraction of sp³-hybridized carbons (Fsp3) is 0.286. The molecule has 23 heavy (non-hydrogen) atoms. The zero-order valence-corrected chi connectivity index (χ0v) is 12.7. The van der Waals surface area contributed by atoms with Gasteiger partial charge in [-0.3, -0.25) is 14.9 Å². The van der Waals surface area contributed by atoms with Gasteiger partial charge < -0.3 is 20.5 Å². The summed E-state index contributed by atoms with van der Waals surface area (Å²) < 4.78 is 4.46. The average Bonchev–Trinajstić information content (AvgIpc) is 2.53. The van der Waals surface area contributed by atoms with E-state index in [1.807, 2.05) is 0 Å². The van der Waals surface area contributed by atoms with Gasteiger partial charge >= 0.3 is 5.97 Å². The third kappa shape index (κ3) is 5.40. The second-order valence-electron chi connectivity index (χ2n) is 4.44. The monoisotopic (exact) mass is 323 g/mol. The molecule has 1 amide bonds. The van der Waals surface area contributed by atoms with Crippen molar-refractivity contribution in [2.75, 3.05) is 25.6 Å². The molecule has 0 heterocycles. The van der Waals surface area contributed by atoms with Crippen LogP contribution in [-0.4, -0.2) is 42.2 Å². The van der Waals surface area contributed by atoms with E-state index in [9.17, 15) is 19.7 Å². The van der Waals surface area contributed by atoms with E-state index in [-0.39, 0.29) is 30.2 Å². The number of carbonyl (C=O) groups excluding carboxylic acids is 2. The Kier molecular flexibility index (Phi) is 6.68. The van der Waals surface area contributed by atoms with E-state index in [0.29, 0.717) is 5.56 Å². The zero-order valence-electron chi connectivity index (χ0n) is 12.7. The Morgan fingerprint density at radius 2 is 2.13 bits per heavy atom. The Morgan fingerprint density at radius 1 is 1.43 bits per heavy atom. The minimum atomic E-state index is -0.770. The molecule has 0 bridgehead atoms. The molecule has 0 saturated heterocycles. The second kappa shape index (κ2) is 8.49. The summed E-state index contributed by atoms with van der Waals surface area (Å²) in [5.74, 6) is -1.43. The number of aryl methyl sites for hydroxylation is 1. The Hall–Kier alpha value is -2.94. The number of hydrogen-bond acceptors (Lipinski definition) is 7. The van der Waals surface area contributed by atoms with E-state index >= 15 is 0 Å². The van der Waals surface area contributed by atoms with Crippen LogP contribution in [0.5, 0.6) is 0 Å². The third-order valence-corrected chi connectivity index (χ3v) is 2.79. The van der Waals surface area contributed by atoms with Crippen LogP contribution >= 0.6 is 0 Å². The first kappa shape index (κ1) is 18.1. The van der Waals surface area contributed by atoms with Crippen molar-refractivity contribution in [2.24, 2.45) is 0 Å². The van der Waals surface area contributed by atoms with Gasteiger partial charge in [-0.2, -0.15) is 0 Å². The molecule has 0 spiro atoms. The quantitative estimate of drug-likeness (QED) is 0.288. The topological polar surface area (TPSA) is 131 Å². The summed E-state index contributed by atoms with van der Waals surface area (Å²) in [6.45, 7) is 1.31. The summed E-state index contributed by atoms with van der Waals surface area (Å²) in [5, 5.41) is 24.7. The molecule has 9 nitrogen and oxygen atoms in total. The highest BCUT2D eigenvalue weighted by atomic mass is 16.6. The zero-order chi connectivity index (χ0) is 17.4. The molecule has 1 aromatic rings. The number of nitrogens with zero attached hydrogens (tertiary/aromatic N) is 1. The van der Waals surface area contributed by atoms with E-state index in [0.717, 1.165) is 13.2 Å². The highest BCUT2D eigenvalue weighted by Gasteiger charge is 2.15. The van der Waals surface area contributed by atoms with Gasteiger partial charge in [-0.05, 0) is 13.0 Å². The Labute approximate surface area is 132 Å². The lowest BCUT2D eigenvalue weighted by atomic mass is 10.2. The minimum Gasteiger partial charge on any atom is -0.466 e. The predicted octanol–water partition coefficient (Wildman–Crippen LogP) is 0.481. The maximum atomic E-state index is 11.9. The van der Waals surface area contributed by atoms with Gasteiger partial charge in [-0.25, -0.2) is 4.79 Å². The predicted molar refractivity (Wildman–Crippen MR) is 81.7 cm³/mol. The molecule has 124 valence electrons. The number of esters is 1. The summed E-state index contributed by atoms with van der Waals surface area (Å²) >= 11 is 0. The smallest absolute Gasteiger partial charge is 0.332 e. The number of nitro benzene ring substituents is 1. The van der Waals surface area contributed by atoms with Crippen molar-refractivity contribution in [3.63, 3.8) is 0 Å². The van der Waals surface area contributed by atoms with Gasteiger partial charge in [0.05, 0.1) is 24.7 Å². The number of aliphatic hydroxyl groups is 1. The summed E-state index contributed by atoms with van der Waals surface area (Å²) in [4.78, 5) is 33.7. The summed E-state index contributed by atoms with van der Waals surface area (Å²) in [6, 6.07) is 4.30. The average molecular weight is 323 g/mol. The van der Waals surface area contributed by atoms with Crippen molar-refractivity contribution in [3.05, 3.63) is 45.6 Å². The fourth-order valence-electron chi connectivity index (χ4n) is 1.64. The van der Waals surface area contributed by atoms with Crippen LogP contribution in [0.2, 0.25) is 0 Å². The van der Waals surface area contributed by atoms with Crippen LogP contribution in [0.3, 0.4) is 0 Å². The molecule has 0 aliphatic heterocycles. The van der Waals surface area contributed by atoms with Crippen molar-refractivity contribution in [1.82, 2.24) is 5.32 Å². The molecule has 0 fully saturated rings. The number of ether oxygens (including phenoxy) is 1. The van der Waals surface area contributed by atoms with Crippen LogP contribution in [0.1, 0.15) is 5.56 Å². The molecule has 9 heteroatoms. The standard InChI is InChI=1S/C14H17N3O6/c1-9-3-4-10(7-12(9)17(21)22)16-11(8-13(19)23-2)14(20)15-5-6-18/h3-4,7-8,16,18H,5-6H2,1-2H3,(H,15,20)/b11-8-. The van der Waals surface area contributed by atoms with Crippen LogP contribution in [0, 0.1) is 17.0 Å². The molecule has 0 aromatic heterocycles. The first-order valence-electron chi connectivity index (χ1n) is 6.59. The van der Waals surface area contributed by atoms with E-state index in [1.54, 1.807) is 6.92 Å². The molecular weight excluding hydrogens is 306 g/mol. The minimum absolute atomic E-state index is 0.00687. The van der Waals surface area contributed by atoms with Gasteiger partial charge in [0.15, 0.2) is 0 Å². The van der Waals surface area contributed by atoms with E-state index in [2.05, 4.69) is 15.4 Å². The van der Waals surface area contributed by atoms with Gasteiger partial charge in [-0.1, -0.05) is 6.07 Å². The molecule has 0 aliphatic carbocycles. The lowest BCUT2D eigenvalue weighted by molar-refractivity contribution is -0.385. The first-order valence-corrected chi connectivity index (χ1v) is 6.59. The van der Waals surface area contributed by atoms with Gasteiger partial charge in [-0.15, -0.1) is 0 Å². The van der Waals surface area contributed by atoms with E-state index in [4.69, 9.17) is 5.11 Å². The number of methoxy groups -OCH3 is 1. The first-order chi connectivity index (χ1) is 10.9. The van der Waals surface area contributed by atoms with Crippen LogP contribution < -0.4 is 10.6 Å². The molecule has 0 atom stereocenters. The number of rotatable bonds is 7. The molecule has 1 rings (SSSR count). The highest BCUT2D eigenvalue weighted by molar-refractivity contribution is 6.01. The van der Waals surface area contributed by atoms with Crippen molar-refractivity contribution in [2.45, 2.75) is 6.92 Å². The van der Waals surface area contributed by atoms with Gasteiger partial charge in [0.1, 0.15) is 5.70 Å². The molecular formula is C14H17N3O6. The maximum Gasteiger partial charge on any atom is 0.332 e. The number of benzene rings is 1. The highest BCUT2D eigenvalue weighted by Crippen LogP contribution is 2.23. The molecule has 0 unspecified atom stereocenters. The summed E-state index contributed by atoms with van der Waals surface area (Å²) in [6.07, 6.45) is 0.915. The van der Waals surface area contributed by atoms with Crippen LogP contribution in [0.25, 0.3) is 0 Å². The van der Waals surface area contributed by atoms with Gasteiger partial charge in [0.25, 0.3) is 11.6 Å². The number of aliphatic hydroxyl groups excluding tert-OH is 1. The van der Waals surface area contributed by atoms with Crippen LogP contribution in [-0.2, 0) is 14.3 Å². The summed E-state index contributed by atoms with van der Waals surface area (Å²) in [7, 11) is 1.15. The SMILES string of the molecule is COC(=O)/C=C(\Nc1ccc(C)c([N+](=O)[O-])c1)C(=O)NCCO. The molecule has 3 N–H and O–H groups in total. The van der Waals surface area contributed by atoms with Crippen molar-refractivity contribution < 1.29 is 24.4 Å². The molecule has 1 aromatic carbocycles. The lowest BCUT2D eigenvalue weighted by Gasteiger charge is -2.11. The molecule has 0 saturated carbocycles. The van der Waals surface area contributed by atoms with E-state index < -0.39 is 16.8 Å². The second-order valence-corrected chi connectivity index (χ2v) is 4.44. The van der Waals surface area contributed by atoms with Crippen LogP contribution in [0.4, 0.5) is 11.4 Å². The number of amides is 1. The van der Waals surface area contributed by atoms with Crippen molar-refractivity contribution in [1.29, 1.82) is 0 Å². The number of hydrogen-bond donors (Lipinski definition) is 3. The summed E-state index contributed by atoms with van der Waals surface area (Å²) in [5.41, 5.74) is 0.437. The van der Waals surface area contributed by atoms with Gasteiger partial charge in [0, 0.05) is 23.9 Å². The Bertz CT molecular complexity index is 641. The number of nitro groups is 1. The number of nitrogens with one attached hydrogen (secondary N) is 2. The number of anilines is 1. The van der Waals surface area contributed by atoms with E-state index in [1.165, 1.54) is 18.2 Å². The molecule has 0 aliphatic rings. The van der Waals surface area contributed by atoms with Gasteiger partial charge in [0.2, 0.25) is 0 Å². The van der Waals surface area contributed by atoms with Crippen molar-refractivity contribution >= 4 is 23.3 Å². The Morgan fingerprint density at radius 3 is 2.70 bits per heavy atom. The molecule has 0 radical (unpaired) electrons. The normalized spacial score (nSPS) is 10.8.